The number of nitrogens with zero attached hydrogens (tertiary/aromatic N) is 6. The van der Waals surface area contributed by atoms with E-state index in [-0.39, 0.29) is 0 Å². The van der Waals surface area contributed by atoms with Crippen LogP contribution in [0.2, 0.25) is 0 Å². The molecule has 8 rings (SSSR count). The molecule has 0 radical (unpaired) electrons. The standard InChI is InChI=1S/C36H52N6/c1-39-18-16-37-36(39)25-40-17-7-6-11-28(40)24-35-38-33-14-4-5-15-34(33)42(35)32-22-29-12-8-13-30(23-32)41(29)31-20-26-9-2-3-10-27(19-26)21-31/h4-5,14-16,18,26-32H,2-3,6-13,17,19-25H2,1H3/t26-,27+,28-,29-,30+,31-,32+/m0/s1. The van der Waals surface area contributed by atoms with Crippen molar-refractivity contribution >= 4 is 11.0 Å². The van der Waals surface area contributed by atoms with Gasteiger partial charge in [-0.25, -0.2) is 9.97 Å². The molecule has 2 saturated carbocycles. The number of aromatic nitrogens is 4. The van der Waals surface area contributed by atoms with Crippen molar-refractivity contribution < 1.29 is 0 Å². The minimum atomic E-state index is 0.538. The van der Waals surface area contributed by atoms with Crippen LogP contribution in [0.3, 0.4) is 0 Å². The molecule has 0 spiro atoms. The topological polar surface area (TPSA) is 42.1 Å². The van der Waals surface area contributed by atoms with E-state index in [2.05, 4.69) is 61.4 Å². The van der Waals surface area contributed by atoms with Gasteiger partial charge in [0.15, 0.2) is 0 Å². The van der Waals surface area contributed by atoms with Gasteiger partial charge in [0.2, 0.25) is 0 Å². The summed E-state index contributed by atoms with van der Waals surface area (Å²) in [7, 11) is 2.13. The Bertz CT molecular complexity index is 1330. The summed E-state index contributed by atoms with van der Waals surface area (Å²) < 4.78 is 4.95. The molecule has 2 aromatic heterocycles. The van der Waals surface area contributed by atoms with E-state index in [1.54, 1.807) is 0 Å². The molecule has 0 N–H and O–H groups in total. The first kappa shape index (κ1) is 27.4. The molecular formula is C36H52N6. The summed E-state index contributed by atoms with van der Waals surface area (Å²) in [6.45, 7) is 2.12. The predicted octanol–water partition coefficient (Wildman–Crippen LogP) is 7.28. The fourth-order valence-electron chi connectivity index (χ4n) is 10.4. The highest BCUT2D eigenvalue weighted by molar-refractivity contribution is 5.76. The first-order chi connectivity index (χ1) is 20.7. The number of aryl methyl sites for hydroxylation is 1. The van der Waals surface area contributed by atoms with Crippen molar-refractivity contribution in [1.29, 1.82) is 0 Å². The van der Waals surface area contributed by atoms with Crippen molar-refractivity contribution in [1.82, 2.24) is 28.9 Å². The van der Waals surface area contributed by atoms with E-state index in [1.165, 1.54) is 126 Å². The van der Waals surface area contributed by atoms with Gasteiger partial charge in [0.25, 0.3) is 0 Å². The summed E-state index contributed by atoms with van der Waals surface area (Å²) >= 11 is 0. The number of rotatable bonds is 6. The van der Waals surface area contributed by atoms with Crippen LogP contribution in [-0.4, -0.2) is 59.6 Å². The number of benzene rings is 1. The maximum absolute atomic E-state index is 5.38. The van der Waals surface area contributed by atoms with Crippen LogP contribution in [0.4, 0.5) is 0 Å². The molecule has 5 aliphatic rings. The summed E-state index contributed by atoms with van der Waals surface area (Å²) in [4.78, 5) is 15.9. The fourth-order valence-corrected chi connectivity index (χ4v) is 10.4. The van der Waals surface area contributed by atoms with Gasteiger partial charge in [-0.2, -0.15) is 0 Å². The Morgan fingerprint density at radius 2 is 1.50 bits per heavy atom. The molecule has 5 heterocycles. The SMILES string of the molecule is Cn1ccnc1CN1CCCC[C@H]1Cc1nc2ccccc2n1[C@H]1C[C@H]2CCC[C@@H](C1)N2[C@@H]1C[C@@H]2CCCC[C@@H](C2)C1. The first-order valence-electron chi connectivity index (χ1n) is 17.6. The largest absolute Gasteiger partial charge is 0.337 e. The van der Waals surface area contributed by atoms with E-state index < -0.39 is 0 Å². The number of hydrogen-bond donors (Lipinski definition) is 0. The zero-order valence-corrected chi connectivity index (χ0v) is 25.9. The molecule has 1 aromatic carbocycles. The summed E-state index contributed by atoms with van der Waals surface area (Å²) in [5.74, 6) is 4.53. The lowest BCUT2D eigenvalue weighted by molar-refractivity contribution is -0.0421. The van der Waals surface area contributed by atoms with Crippen molar-refractivity contribution in [3.8, 4) is 0 Å². The van der Waals surface area contributed by atoms with E-state index in [4.69, 9.17) is 4.98 Å². The van der Waals surface area contributed by atoms with Crippen molar-refractivity contribution in [2.75, 3.05) is 6.54 Å². The van der Waals surface area contributed by atoms with E-state index in [1.807, 2.05) is 6.20 Å². The Morgan fingerprint density at radius 3 is 2.26 bits per heavy atom. The Labute approximate surface area is 252 Å². The lowest BCUT2D eigenvalue weighted by Crippen LogP contribution is -2.58. The highest BCUT2D eigenvalue weighted by Crippen LogP contribution is 2.47. The Kier molecular flexibility index (Phi) is 7.64. The maximum atomic E-state index is 5.38. The third-order valence-corrected chi connectivity index (χ3v) is 12.2. The number of fused-ring (bicyclic) bond motifs is 5. The zero-order valence-electron chi connectivity index (χ0n) is 25.9. The number of imidazole rings is 2. The summed E-state index contributed by atoms with van der Waals surface area (Å²) in [5.41, 5.74) is 2.57. The maximum Gasteiger partial charge on any atom is 0.122 e. The van der Waals surface area contributed by atoms with Gasteiger partial charge < -0.3 is 9.13 Å². The van der Waals surface area contributed by atoms with Crippen LogP contribution in [0.5, 0.6) is 0 Å². The average Bonchev–Trinajstić information content (AvgIpc) is 3.52. The minimum Gasteiger partial charge on any atom is -0.337 e. The summed E-state index contributed by atoms with van der Waals surface area (Å²) in [6, 6.07) is 12.5. The molecule has 7 atom stereocenters. The van der Waals surface area contributed by atoms with Crippen molar-refractivity contribution in [2.45, 2.75) is 139 Å². The highest BCUT2D eigenvalue weighted by Gasteiger charge is 2.45. The molecule has 3 aromatic rings. The van der Waals surface area contributed by atoms with Crippen LogP contribution in [0.25, 0.3) is 11.0 Å². The average molecular weight is 569 g/mol. The van der Waals surface area contributed by atoms with Crippen molar-refractivity contribution in [2.24, 2.45) is 18.9 Å². The van der Waals surface area contributed by atoms with E-state index in [0.29, 0.717) is 12.1 Å². The second kappa shape index (κ2) is 11.7. The van der Waals surface area contributed by atoms with E-state index in [9.17, 15) is 0 Å². The van der Waals surface area contributed by atoms with E-state index >= 15 is 0 Å². The fraction of sp³-hybridized carbons (Fsp3) is 0.722. The number of para-hydroxylation sites is 2. The molecule has 0 unspecified atom stereocenters. The van der Waals surface area contributed by atoms with Gasteiger partial charge >= 0.3 is 0 Å². The predicted molar refractivity (Wildman–Crippen MR) is 169 cm³/mol. The second-order valence-electron chi connectivity index (χ2n) is 14.9. The van der Waals surface area contributed by atoms with Gasteiger partial charge in [-0.1, -0.05) is 50.7 Å². The van der Waals surface area contributed by atoms with Gasteiger partial charge in [0.05, 0.1) is 17.6 Å². The molecular weight excluding hydrogens is 516 g/mol. The van der Waals surface area contributed by atoms with Crippen LogP contribution in [-0.2, 0) is 20.0 Å². The number of likely N-dealkylation sites (tertiary alicyclic amines) is 1. The van der Waals surface area contributed by atoms with Crippen LogP contribution >= 0.6 is 0 Å². The zero-order chi connectivity index (χ0) is 28.0. The lowest BCUT2D eigenvalue weighted by atomic mass is 9.73. The molecule has 5 fully saturated rings. The second-order valence-corrected chi connectivity index (χ2v) is 14.9. The third kappa shape index (κ3) is 5.25. The van der Waals surface area contributed by atoms with Gasteiger partial charge in [0, 0.05) is 56.1 Å². The number of hydrogen-bond acceptors (Lipinski definition) is 4. The quantitative estimate of drug-likeness (QED) is 0.313. The Balaban J connectivity index is 1.06. The molecule has 4 bridgehead atoms. The molecule has 3 aliphatic heterocycles. The van der Waals surface area contributed by atoms with E-state index in [0.717, 1.165) is 42.9 Å². The van der Waals surface area contributed by atoms with Crippen LogP contribution < -0.4 is 0 Å². The smallest absolute Gasteiger partial charge is 0.122 e. The molecule has 3 saturated heterocycles. The van der Waals surface area contributed by atoms with Crippen LogP contribution in [0.15, 0.2) is 36.7 Å². The normalized spacial score (nSPS) is 34.5. The monoisotopic (exact) mass is 568 g/mol. The Morgan fingerprint density at radius 1 is 0.738 bits per heavy atom. The lowest BCUT2D eigenvalue weighted by Gasteiger charge is -2.54. The molecule has 226 valence electrons. The van der Waals surface area contributed by atoms with Gasteiger partial charge in [-0.05, 0) is 88.3 Å². The van der Waals surface area contributed by atoms with Gasteiger partial charge in [0.1, 0.15) is 11.6 Å². The Hall–Kier alpha value is -2.18. The molecule has 0 amide bonds. The first-order valence-corrected chi connectivity index (χ1v) is 17.6. The molecule has 2 aliphatic carbocycles. The summed E-state index contributed by atoms with van der Waals surface area (Å²) in [6.07, 6.45) is 26.3. The molecule has 42 heavy (non-hydrogen) atoms. The van der Waals surface area contributed by atoms with Crippen LogP contribution in [0, 0.1) is 11.8 Å². The molecule has 6 heteroatoms. The minimum absolute atomic E-state index is 0.538. The van der Waals surface area contributed by atoms with Gasteiger partial charge in [-0.15, -0.1) is 0 Å². The van der Waals surface area contributed by atoms with Crippen molar-refractivity contribution in [3.63, 3.8) is 0 Å². The van der Waals surface area contributed by atoms with Crippen LogP contribution in [0.1, 0.15) is 114 Å². The third-order valence-electron chi connectivity index (χ3n) is 12.2. The van der Waals surface area contributed by atoms with Crippen molar-refractivity contribution in [3.05, 3.63) is 48.3 Å². The van der Waals surface area contributed by atoms with Gasteiger partial charge in [-0.3, -0.25) is 9.80 Å². The number of piperidine rings is 3. The summed E-state index contributed by atoms with van der Waals surface area (Å²) in [5, 5.41) is 0. The highest BCUT2D eigenvalue weighted by atomic mass is 15.3. The molecule has 6 nitrogen and oxygen atoms in total.